The summed E-state index contributed by atoms with van der Waals surface area (Å²) in [6.45, 7) is 0.225. The first-order valence-electron chi connectivity index (χ1n) is 5.59. The molecule has 0 amide bonds. The van der Waals surface area contributed by atoms with E-state index < -0.39 is 5.92 Å². The summed E-state index contributed by atoms with van der Waals surface area (Å²) in [6.07, 6.45) is 2.85. The number of rotatable bonds is 2. The van der Waals surface area contributed by atoms with Crippen LogP contribution in [0.15, 0.2) is 30.5 Å². The predicted molar refractivity (Wildman–Crippen MR) is 61.0 cm³/mol. The molecule has 0 aliphatic carbocycles. The van der Waals surface area contributed by atoms with Gasteiger partial charge < -0.3 is 18.9 Å². The monoisotopic (exact) mass is 248 g/mol. The summed E-state index contributed by atoms with van der Waals surface area (Å²) in [5.74, 6) is 0.646. The molecular weight excluding hydrogens is 236 g/mol. The van der Waals surface area contributed by atoms with Crippen LogP contribution in [-0.4, -0.2) is 19.9 Å². The quantitative estimate of drug-likeness (QED) is 0.747. The van der Waals surface area contributed by atoms with Crippen LogP contribution in [0.4, 0.5) is 0 Å². The number of esters is 1. The van der Waals surface area contributed by atoms with Gasteiger partial charge in [-0.25, -0.2) is 0 Å². The van der Waals surface area contributed by atoms with E-state index in [4.69, 9.17) is 18.9 Å². The van der Waals surface area contributed by atoms with Gasteiger partial charge in [-0.1, -0.05) is 6.07 Å². The maximum absolute atomic E-state index is 11.6. The molecule has 3 rings (SSSR count). The molecule has 5 nitrogen and oxygen atoms in total. The van der Waals surface area contributed by atoms with Crippen molar-refractivity contribution >= 4 is 5.97 Å². The average Bonchev–Trinajstić information content (AvgIpc) is 3.05. The summed E-state index contributed by atoms with van der Waals surface area (Å²) < 4.78 is 20.8. The van der Waals surface area contributed by atoms with Crippen LogP contribution < -0.4 is 9.47 Å². The summed E-state index contributed by atoms with van der Waals surface area (Å²) in [5.41, 5.74) is 0.861. The third kappa shape index (κ3) is 1.68. The fraction of sp³-hybridized carbons (Fsp3) is 0.308. The smallest absolute Gasteiger partial charge is 0.316 e. The molecule has 0 radical (unpaired) electrons. The lowest BCUT2D eigenvalue weighted by Gasteiger charge is -2.17. The highest BCUT2D eigenvalue weighted by atomic mass is 16.7. The Hall–Kier alpha value is -2.17. The van der Waals surface area contributed by atoms with Gasteiger partial charge >= 0.3 is 5.97 Å². The third-order valence-electron chi connectivity index (χ3n) is 3.04. The topological polar surface area (TPSA) is 54.0 Å². The molecule has 0 N–H and O–H groups in total. The van der Waals surface area contributed by atoms with Gasteiger partial charge in [0, 0.05) is 0 Å². The van der Waals surface area contributed by atoms with Crippen LogP contribution in [0.25, 0.3) is 0 Å². The van der Waals surface area contributed by atoms with Crippen LogP contribution in [0.2, 0.25) is 0 Å². The van der Waals surface area contributed by atoms with Crippen molar-refractivity contribution in [3.63, 3.8) is 0 Å². The van der Waals surface area contributed by atoms with Gasteiger partial charge in [0.25, 0.3) is 0 Å². The highest BCUT2D eigenvalue weighted by Gasteiger charge is 2.34. The number of carbonyl (C=O) groups excluding carboxylic acids is 1. The van der Waals surface area contributed by atoms with Crippen molar-refractivity contribution in [1.29, 1.82) is 0 Å². The molecule has 0 bridgehead atoms. The van der Waals surface area contributed by atoms with Crippen molar-refractivity contribution in [2.45, 2.75) is 6.10 Å². The Labute approximate surface area is 104 Å². The summed E-state index contributed by atoms with van der Waals surface area (Å²) in [7, 11) is 1.37. The minimum atomic E-state index is -0.421. The Bertz CT molecular complexity index is 508. The molecule has 5 heteroatoms. The Morgan fingerprint density at radius 3 is 3.00 bits per heavy atom. The molecule has 2 aliphatic heterocycles. The number of methoxy groups -OCH3 is 1. The molecule has 0 unspecified atom stereocenters. The summed E-state index contributed by atoms with van der Waals surface area (Å²) in [6, 6.07) is 5.50. The van der Waals surface area contributed by atoms with Crippen molar-refractivity contribution in [3.05, 3.63) is 36.1 Å². The van der Waals surface area contributed by atoms with Gasteiger partial charge in [0.1, 0.15) is 12.0 Å². The van der Waals surface area contributed by atoms with Crippen molar-refractivity contribution in [2.24, 2.45) is 5.92 Å². The number of carbonyl (C=O) groups is 1. The molecule has 94 valence electrons. The molecule has 0 aromatic heterocycles. The van der Waals surface area contributed by atoms with E-state index in [9.17, 15) is 4.79 Å². The number of hydrogen-bond donors (Lipinski definition) is 0. The SMILES string of the molecule is COC(=O)[C@@H]1C=CO[C@H]1c1ccc2c(c1)OCO2. The molecule has 18 heavy (non-hydrogen) atoms. The average molecular weight is 248 g/mol. The Kier molecular flexibility index (Phi) is 2.59. The van der Waals surface area contributed by atoms with E-state index in [-0.39, 0.29) is 18.9 Å². The van der Waals surface area contributed by atoms with Crippen molar-refractivity contribution in [3.8, 4) is 11.5 Å². The summed E-state index contributed by atoms with van der Waals surface area (Å²) >= 11 is 0. The van der Waals surface area contributed by atoms with E-state index in [2.05, 4.69) is 0 Å². The first-order chi connectivity index (χ1) is 8.79. The molecule has 2 aliphatic rings. The second kappa shape index (κ2) is 4.25. The zero-order valence-corrected chi connectivity index (χ0v) is 9.79. The van der Waals surface area contributed by atoms with Crippen LogP contribution in [0, 0.1) is 5.92 Å². The number of hydrogen-bond acceptors (Lipinski definition) is 5. The fourth-order valence-corrected chi connectivity index (χ4v) is 2.11. The minimum absolute atomic E-state index is 0.225. The van der Waals surface area contributed by atoms with Crippen molar-refractivity contribution in [2.75, 3.05) is 13.9 Å². The molecular formula is C13H12O5. The van der Waals surface area contributed by atoms with E-state index in [0.29, 0.717) is 11.5 Å². The zero-order chi connectivity index (χ0) is 12.5. The second-order valence-corrected chi connectivity index (χ2v) is 4.05. The van der Waals surface area contributed by atoms with Crippen molar-refractivity contribution < 1.29 is 23.7 Å². The largest absolute Gasteiger partial charge is 0.492 e. The van der Waals surface area contributed by atoms with Gasteiger partial charge in [-0.2, -0.15) is 0 Å². The molecule has 2 atom stereocenters. The highest BCUT2D eigenvalue weighted by Crippen LogP contribution is 2.39. The number of fused-ring (bicyclic) bond motifs is 1. The molecule has 0 saturated heterocycles. The van der Waals surface area contributed by atoms with Crippen LogP contribution in [0.3, 0.4) is 0 Å². The minimum Gasteiger partial charge on any atom is -0.492 e. The maximum atomic E-state index is 11.6. The van der Waals surface area contributed by atoms with E-state index in [1.54, 1.807) is 6.08 Å². The summed E-state index contributed by atoms with van der Waals surface area (Å²) in [4.78, 5) is 11.6. The van der Waals surface area contributed by atoms with Gasteiger partial charge in [-0.3, -0.25) is 4.79 Å². The Morgan fingerprint density at radius 2 is 2.17 bits per heavy atom. The van der Waals surface area contributed by atoms with Crippen LogP contribution in [-0.2, 0) is 14.3 Å². The van der Waals surface area contributed by atoms with Crippen molar-refractivity contribution in [1.82, 2.24) is 0 Å². The lowest BCUT2D eigenvalue weighted by Crippen LogP contribution is -2.19. The van der Waals surface area contributed by atoms with E-state index in [1.165, 1.54) is 13.4 Å². The fourth-order valence-electron chi connectivity index (χ4n) is 2.11. The van der Waals surface area contributed by atoms with E-state index >= 15 is 0 Å². The van der Waals surface area contributed by atoms with Gasteiger partial charge in [0.2, 0.25) is 6.79 Å². The van der Waals surface area contributed by atoms with Gasteiger partial charge in [0.05, 0.1) is 13.4 Å². The molecule has 2 heterocycles. The van der Waals surface area contributed by atoms with Crippen LogP contribution in [0.5, 0.6) is 11.5 Å². The zero-order valence-electron chi connectivity index (χ0n) is 9.79. The van der Waals surface area contributed by atoms with E-state index in [0.717, 1.165) is 5.56 Å². The first-order valence-corrected chi connectivity index (χ1v) is 5.59. The molecule has 1 aromatic carbocycles. The first kappa shape index (κ1) is 11.0. The number of ether oxygens (including phenoxy) is 4. The molecule has 1 aromatic rings. The predicted octanol–water partition coefficient (Wildman–Crippen LogP) is 1.79. The van der Waals surface area contributed by atoms with Gasteiger partial charge in [0.15, 0.2) is 11.5 Å². The van der Waals surface area contributed by atoms with Gasteiger partial charge in [-0.15, -0.1) is 0 Å². The summed E-state index contributed by atoms with van der Waals surface area (Å²) in [5, 5.41) is 0. The number of benzene rings is 1. The van der Waals surface area contributed by atoms with E-state index in [1.807, 2.05) is 18.2 Å². The van der Waals surface area contributed by atoms with Crippen LogP contribution in [0.1, 0.15) is 11.7 Å². The normalized spacial score (nSPS) is 23.8. The standard InChI is InChI=1S/C13H12O5/c1-15-13(14)9-4-5-16-12(9)8-2-3-10-11(6-8)18-7-17-10/h2-6,9,12H,7H2,1H3/t9-,12+/m1/s1. The lowest BCUT2D eigenvalue weighted by molar-refractivity contribution is -0.146. The second-order valence-electron chi connectivity index (χ2n) is 4.05. The Morgan fingerprint density at radius 1 is 1.33 bits per heavy atom. The molecule has 0 saturated carbocycles. The van der Waals surface area contributed by atoms with Gasteiger partial charge in [-0.05, 0) is 23.8 Å². The lowest BCUT2D eigenvalue weighted by atomic mass is 9.97. The maximum Gasteiger partial charge on any atom is 0.316 e. The van der Waals surface area contributed by atoms with Crippen LogP contribution >= 0.6 is 0 Å². The highest BCUT2D eigenvalue weighted by molar-refractivity contribution is 5.76. The molecule has 0 fully saturated rings. The molecule has 0 spiro atoms. The third-order valence-corrected chi connectivity index (χ3v) is 3.04. The Balaban J connectivity index is 1.88.